The quantitative estimate of drug-likeness (QED) is 0.765. The van der Waals surface area contributed by atoms with Gasteiger partial charge in [0, 0.05) is 13.1 Å². The van der Waals surface area contributed by atoms with Crippen LogP contribution in [0.15, 0.2) is 39.9 Å². The Balaban J connectivity index is 1.92. The van der Waals surface area contributed by atoms with Gasteiger partial charge in [0.1, 0.15) is 11.4 Å². The van der Waals surface area contributed by atoms with Crippen LogP contribution in [-0.4, -0.2) is 39.5 Å². The molecule has 0 radical (unpaired) electrons. The highest BCUT2D eigenvalue weighted by Crippen LogP contribution is 2.22. The lowest BCUT2D eigenvalue weighted by Gasteiger charge is -2.30. The maximum atomic E-state index is 13.0. The fourth-order valence-electron chi connectivity index (χ4n) is 3.92. The molecule has 7 nitrogen and oxygen atoms in total. The summed E-state index contributed by atoms with van der Waals surface area (Å²) in [6, 6.07) is 9.70. The number of carbonyl (C=O) groups excluding carboxylic acids is 1. The summed E-state index contributed by atoms with van der Waals surface area (Å²) in [4.78, 5) is 40.2. The van der Waals surface area contributed by atoms with Crippen molar-refractivity contribution in [1.82, 2.24) is 14.0 Å². The lowest BCUT2D eigenvalue weighted by Crippen LogP contribution is -2.45. The van der Waals surface area contributed by atoms with E-state index in [1.54, 1.807) is 0 Å². The summed E-state index contributed by atoms with van der Waals surface area (Å²) in [5.41, 5.74) is 5.78. The van der Waals surface area contributed by atoms with Crippen LogP contribution in [-0.2, 0) is 13.6 Å². The number of hydrogen-bond acceptors (Lipinski definition) is 5. The summed E-state index contributed by atoms with van der Waals surface area (Å²) in [5, 5.41) is 0. The van der Waals surface area contributed by atoms with Crippen molar-refractivity contribution < 1.29 is 4.79 Å². The third-order valence-corrected chi connectivity index (χ3v) is 5.64. The number of nitrogens with two attached hydrogens (primary N) is 1. The van der Waals surface area contributed by atoms with Gasteiger partial charge in [0.25, 0.3) is 5.56 Å². The topological polar surface area (TPSA) is 90.3 Å². The van der Waals surface area contributed by atoms with Crippen molar-refractivity contribution in [2.75, 3.05) is 19.3 Å². The minimum Gasteiger partial charge on any atom is -0.384 e. The van der Waals surface area contributed by atoms with Crippen LogP contribution in [0.25, 0.3) is 0 Å². The van der Waals surface area contributed by atoms with E-state index in [0.717, 1.165) is 35.8 Å². The van der Waals surface area contributed by atoms with Crippen molar-refractivity contribution in [3.8, 4) is 0 Å². The van der Waals surface area contributed by atoms with E-state index in [4.69, 9.17) is 5.73 Å². The number of carbonyl (C=O) groups is 1. The number of Topliss-reactive ketones (excluding diaryl/α,β-unsaturated/α-hetero) is 1. The van der Waals surface area contributed by atoms with Gasteiger partial charge in [0.05, 0.1) is 13.1 Å². The van der Waals surface area contributed by atoms with Gasteiger partial charge in [-0.2, -0.15) is 0 Å². The van der Waals surface area contributed by atoms with Gasteiger partial charge < -0.3 is 5.73 Å². The molecule has 0 atom stereocenters. The molecule has 28 heavy (non-hydrogen) atoms. The van der Waals surface area contributed by atoms with E-state index in [1.807, 2.05) is 42.3 Å². The molecule has 0 bridgehead atoms. The molecule has 2 N–H and O–H groups in total. The second kappa shape index (κ2) is 8.56. The van der Waals surface area contributed by atoms with Crippen molar-refractivity contribution in [2.24, 2.45) is 7.05 Å². The van der Waals surface area contributed by atoms with Gasteiger partial charge in [-0.15, -0.1) is 0 Å². The van der Waals surface area contributed by atoms with Crippen LogP contribution in [0, 0.1) is 0 Å². The number of rotatable bonds is 6. The highest BCUT2D eigenvalue weighted by molar-refractivity contribution is 6.01. The Morgan fingerprint density at radius 3 is 2.43 bits per heavy atom. The first kappa shape index (κ1) is 20.1. The Morgan fingerprint density at radius 1 is 1.14 bits per heavy atom. The number of benzene rings is 1. The Labute approximate surface area is 164 Å². The largest absolute Gasteiger partial charge is 0.384 e. The number of ketones is 1. The van der Waals surface area contributed by atoms with Crippen molar-refractivity contribution in [1.29, 1.82) is 0 Å². The van der Waals surface area contributed by atoms with Crippen LogP contribution in [0.4, 0.5) is 5.82 Å². The van der Waals surface area contributed by atoms with Crippen LogP contribution in [0.2, 0.25) is 0 Å². The fourth-order valence-corrected chi connectivity index (χ4v) is 3.92. The Morgan fingerprint density at radius 2 is 1.79 bits per heavy atom. The van der Waals surface area contributed by atoms with Gasteiger partial charge in [-0.05, 0) is 25.5 Å². The third kappa shape index (κ3) is 4.09. The number of hydrogen-bond donors (Lipinski definition) is 1. The predicted octanol–water partition coefficient (Wildman–Crippen LogP) is 1.62. The van der Waals surface area contributed by atoms with Gasteiger partial charge in [0.15, 0.2) is 5.78 Å². The molecule has 150 valence electrons. The molecule has 1 saturated carbocycles. The number of anilines is 1. The van der Waals surface area contributed by atoms with Crippen molar-refractivity contribution in [3.05, 3.63) is 62.3 Å². The van der Waals surface area contributed by atoms with Gasteiger partial charge in [-0.3, -0.25) is 23.6 Å². The van der Waals surface area contributed by atoms with E-state index in [-0.39, 0.29) is 30.3 Å². The zero-order valence-corrected chi connectivity index (χ0v) is 16.6. The second-order valence-electron chi connectivity index (χ2n) is 7.61. The van der Waals surface area contributed by atoms with E-state index in [0.29, 0.717) is 6.04 Å². The smallest absolute Gasteiger partial charge is 0.332 e. The molecule has 1 aromatic heterocycles. The molecule has 1 aromatic carbocycles. The molecule has 1 aliphatic carbocycles. The fraction of sp³-hybridized carbons (Fsp3) is 0.476. The van der Waals surface area contributed by atoms with E-state index in [2.05, 4.69) is 0 Å². The summed E-state index contributed by atoms with van der Waals surface area (Å²) in [6.07, 6.45) is 5.68. The van der Waals surface area contributed by atoms with E-state index in [9.17, 15) is 14.4 Å². The maximum absolute atomic E-state index is 13.0. The normalized spacial score (nSPS) is 15.1. The van der Waals surface area contributed by atoms with Gasteiger partial charge >= 0.3 is 5.69 Å². The minimum atomic E-state index is -0.631. The molecule has 2 aromatic rings. The summed E-state index contributed by atoms with van der Waals surface area (Å²) >= 11 is 0. The second-order valence-corrected chi connectivity index (χ2v) is 7.61. The van der Waals surface area contributed by atoms with Gasteiger partial charge in [0.2, 0.25) is 0 Å². The molecule has 0 amide bonds. The predicted molar refractivity (Wildman–Crippen MR) is 110 cm³/mol. The lowest BCUT2D eigenvalue weighted by atomic mass is 9.94. The standard InChI is InChI=1S/C21H28N4O3/c1-23(16-11-7-4-8-12-16)14-17(26)18-19(22)25(21(28)24(2)20(18)27)13-15-9-5-3-6-10-15/h3,5-6,9-10,16H,4,7-8,11-14,22H2,1-2H3. The molecular weight excluding hydrogens is 356 g/mol. The number of nitrogen functional groups attached to an aromatic ring is 1. The number of aromatic nitrogens is 2. The van der Waals surface area contributed by atoms with E-state index >= 15 is 0 Å². The summed E-state index contributed by atoms with van der Waals surface area (Å²) < 4.78 is 2.26. The maximum Gasteiger partial charge on any atom is 0.332 e. The van der Waals surface area contributed by atoms with Crippen molar-refractivity contribution in [2.45, 2.75) is 44.7 Å². The molecule has 7 heteroatoms. The summed E-state index contributed by atoms with van der Waals surface area (Å²) in [6.45, 7) is 0.325. The molecule has 0 spiro atoms. The monoisotopic (exact) mass is 384 g/mol. The minimum absolute atomic E-state index is 0.0565. The van der Waals surface area contributed by atoms with Crippen LogP contribution >= 0.6 is 0 Å². The molecule has 0 aliphatic heterocycles. The molecule has 1 aliphatic rings. The van der Waals surface area contributed by atoms with Gasteiger partial charge in [-0.1, -0.05) is 49.6 Å². The number of nitrogens with zero attached hydrogens (tertiary/aromatic N) is 3. The molecule has 1 fully saturated rings. The molecule has 0 unspecified atom stereocenters. The van der Waals surface area contributed by atoms with Gasteiger partial charge in [-0.25, -0.2) is 4.79 Å². The zero-order valence-electron chi connectivity index (χ0n) is 16.6. The Hall–Kier alpha value is -2.67. The van der Waals surface area contributed by atoms with Crippen molar-refractivity contribution in [3.63, 3.8) is 0 Å². The first-order valence-corrected chi connectivity index (χ1v) is 9.76. The molecule has 1 heterocycles. The Bertz CT molecular complexity index is 956. The van der Waals surface area contributed by atoms with E-state index in [1.165, 1.54) is 18.0 Å². The average molecular weight is 384 g/mol. The van der Waals surface area contributed by atoms with E-state index < -0.39 is 11.2 Å². The molecule has 3 rings (SSSR count). The zero-order chi connectivity index (χ0) is 20.3. The first-order valence-electron chi connectivity index (χ1n) is 9.76. The van der Waals surface area contributed by atoms with Crippen LogP contribution < -0.4 is 17.0 Å². The molecule has 0 saturated heterocycles. The summed E-state index contributed by atoms with van der Waals surface area (Å²) in [7, 11) is 3.29. The van der Waals surface area contributed by atoms with Crippen molar-refractivity contribution >= 4 is 11.6 Å². The highest BCUT2D eigenvalue weighted by Gasteiger charge is 2.25. The van der Waals surface area contributed by atoms with Crippen LogP contribution in [0.3, 0.4) is 0 Å². The third-order valence-electron chi connectivity index (χ3n) is 5.64. The Kier molecular flexibility index (Phi) is 6.14. The number of likely N-dealkylation sites (N-methyl/N-ethyl adjacent to an activating group) is 1. The summed E-state index contributed by atoms with van der Waals surface area (Å²) in [5.74, 6) is -0.396. The van der Waals surface area contributed by atoms with Crippen LogP contribution in [0.1, 0.15) is 48.0 Å². The first-order chi connectivity index (χ1) is 13.4. The van der Waals surface area contributed by atoms with Crippen LogP contribution in [0.5, 0.6) is 0 Å². The lowest BCUT2D eigenvalue weighted by molar-refractivity contribution is 0.0897. The SMILES string of the molecule is CN(CC(=O)c1c(N)n(Cc2ccccc2)c(=O)n(C)c1=O)C1CCCCC1. The highest BCUT2D eigenvalue weighted by atomic mass is 16.2. The average Bonchev–Trinajstić information content (AvgIpc) is 2.71. The molecular formula is C21H28N4O3.